The Morgan fingerprint density at radius 1 is 1.06 bits per heavy atom. The fourth-order valence-corrected chi connectivity index (χ4v) is 1.23. The molecule has 0 bridgehead atoms. The van der Waals surface area contributed by atoms with E-state index in [0.29, 0.717) is 18.0 Å². The molecular formula is C10H20N2O4. The van der Waals surface area contributed by atoms with E-state index in [0.717, 1.165) is 12.8 Å². The van der Waals surface area contributed by atoms with Gasteiger partial charge in [-0.25, -0.2) is 5.06 Å². The Balaban J connectivity index is 3.53. The SMILES string of the molecule is NCCCCCN(O)C(=O)CCCC(=O)O. The smallest absolute Gasteiger partial charge is 0.303 e. The molecule has 0 unspecified atom stereocenters. The van der Waals surface area contributed by atoms with Crippen molar-refractivity contribution in [3.63, 3.8) is 0 Å². The van der Waals surface area contributed by atoms with Crippen molar-refractivity contribution in [1.82, 2.24) is 5.06 Å². The topological polar surface area (TPSA) is 104 Å². The molecule has 0 aliphatic heterocycles. The Hall–Kier alpha value is -1.14. The third kappa shape index (κ3) is 8.19. The molecular weight excluding hydrogens is 212 g/mol. The van der Waals surface area contributed by atoms with E-state index in [2.05, 4.69) is 0 Å². The van der Waals surface area contributed by atoms with Gasteiger partial charge < -0.3 is 10.8 Å². The lowest BCUT2D eigenvalue weighted by atomic mass is 10.2. The number of carbonyl (C=O) groups excluding carboxylic acids is 1. The maximum absolute atomic E-state index is 11.2. The Labute approximate surface area is 95.0 Å². The second-order valence-electron chi connectivity index (χ2n) is 3.61. The molecule has 6 heteroatoms. The minimum atomic E-state index is -0.930. The first-order chi connectivity index (χ1) is 7.57. The molecule has 0 aliphatic carbocycles. The van der Waals surface area contributed by atoms with Crippen molar-refractivity contribution < 1.29 is 19.9 Å². The summed E-state index contributed by atoms with van der Waals surface area (Å²) in [4.78, 5) is 21.4. The van der Waals surface area contributed by atoms with Gasteiger partial charge in [-0.2, -0.15) is 0 Å². The van der Waals surface area contributed by atoms with Gasteiger partial charge in [0.1, 0.15) is 0 Å². The molecule has 0 saturated carbocycles. The number of amides is 1. The van der Waals surface area contributed by atoms with Gasteiger partial charge in [-0.1, -0.05) is 6.42 Å². The van der Waals surface area contributed by atoms with Crippen molar-refractivity contribution in [3.8, 4) is 0 Å². The van der Waals surface area contributed by atoms with Crippen LogP contribution in [-0.4, -0.2) is 40.3 Å². The first kappa shape index (κ1) is 14.9. The maximum Gasteiger partial charge on any atom is 0.303 e. The van der Waals surface area contributed by atoms with Crippen LogP contribution in [0.25, 0.3) is 0 Å². The van der Waals surface area contributed by atoms with Crippen LogP contribution in [0.3, 0.4) is 0 Å². The van der Waals surface area contributed by atoms with Crippen molar-refractivity contribution in [1.29, 1.82) is 0 Å². The van der Waals surface area contributed by atoms with Crippen molar-refractivity contribution in [3.05, 3.63) is 0 Å². The molecule has 0 radical (unpaired) electrons. The summed E-state index contributed by atoms with van der Waals surface area (Å²) in [6, 6.07) is 0. The van der Waals surface area contributed by atoms with Gasteiger partial charge in [0.15, 0.2) is 0 Å². The highest BCUT2D eigenvalue weighted by molar-refractivity contribution is 5.75. The van der Waals surface area contributed by atoms with E-state index < -0.39 is 11.9 Å². The first-order valence-corrected chi connectivity index (χ1v) is 5.49. The molecule has 0 heterocycles. The van der Waals surface area contributed by atoms with E-state index in [9.17, 15) is 14.8 Å². The Morgan fingerprint density at radius 2 is 1.75 bits per heavy atom. The summed E-state index contributed by atoms with van der Waals surface area (Å²) in [5.74, 6) is -1.35. The van der Waals surface area contributed by atoms with E-state index in [1.165, 1.54) is 0 Å². The summed E-state index contributed by atoms with van der Waals surface area (Å²) in [7, 11) is 0. The van der Waals surface area contributed by atoms with E-state index in [1.807, 2.05) is 0 Å². The van der Waals surface area contributed by atoms with Crippen molar-refractivity contribution in [2.24, 2.45) is 5.73 Å². The summed E-state index contributed by atoms with van der Waals surface area (Å²) < 4.78 is 0. The zero-order chi connectivity index (χ0) is 12.4. The van der Waals surface area contributed by atoms with E-state index >= 15 is 0 Å². The lowest BCUT2D eigenvalue weighted by Gasteiger charge is -2.14. The van der Waals surface area contributed by atoms with E-state index in [4.69, 9.17) is 10.8 Å². The standard InChI is InChI=1S/C10H20N2O4/c11-7-2-1-3-8-12(16)9(13)5-4-6-10(14)15/h16H,1-8,11H2,(H,14,15). The number of nitrogens with two attached hydrogens (primary N) is 1. The van der Waals surface area contributed by atoms with Crippen LogP contribution in [0.2, 0.25) is 0 Å². The van der Waals surface area contributed by atoms with Crippen LogP contribution in [-0.2, 0) is 9.59 Å². The van der Waals surface area contributed by atoms with Crippen LogP contribution in [0.15, 0.2) is 0 Å². The molecule has 0 saturated heterocycles. The number of hydroxylamine groups is 2. The van der Waals surface area contributed by atoms with Gasteiger partial charge >= 0.3 is 5.97 Å². The van der Waals surface area contributed by atoms with Gasteiger partial charge in [0, 0.05) is 19.4 Å². The zero-order valence-electron chi connectivity index (χ0n) is 9.39. The second-order valence-corrected chi connectivity index (χ2v) is 3.61. The highest BCUT2D eigenvalue weighted by Gasteiger charge is 2.10. The van der Waals surface area contributed by atoms with Crippen LogP contribution in [0.4, 0.5) is 0 Å². The molecule has 0 atom stereocenters. The molecule has 1 amide bonds. The number of carboxylic acids is 1. The predicted octanol–water partition coefficient (Wildman–Crippen LogP) is 0.588. The molecule has 0 spiro atoms. The van der Waals surface area contributed by atoms with Crippen LogP contribution in [0, 0.1) is 0 Å². The van der Waals surface area contributed by atoms with Crippen molar-refractivity contribution >= 4 is 11.9 Å². The minimum Gasteiger partial charge on any atom is -0.481 e. The van der Waals surface area contributed by atoms with Crippen LogP contribution >= 0.6 is 0 Å². The monoisotopic (exact) mass is 232 g/mol. The second kappa shape index (κ2) is 9.11. The Kier molecular flexibility index (Phi) is 8.46. The van der Waals surface area contributed by atoms with Gasteiger partial charge in [-0.15, -0.1) is 0 Å². The number of hydrogen-bond acceptors (Lipinski definition) is 4. The summed E-state index contributed by atoms with van der Waals surface area (Å²) in [6.07, 6.45) is 2.73. The van der Waals surface area contributed by atoms with Gasteiger partial charge in [0.05, 0.1) is 0 Å². The molecule has 16 heavy (non-hydrogen) atoms. The maximum atomic E-state index is 11.2. The van der Waals surface area contributed by atoms with Crippen molar-refractivity contribution in [2.45, 2.75) is 38.5 Å². The average molecular weight is 232 g/mol. The largest absolute Gasteiger partial charge is 0.481 e. The minimum absolute atomic E-state index is 0.0489. The molecule has 4 N–H and O–H groups in total. The fourth-order valence-electron chi connectivity index (χ4n) is 1.23. The predicted molar refractivity (Wildman–Crippen MR) is 57.9 cm³/mol. The first-order valence-electron chi connectivity index (χ1n) is 5.49. The number of carboxylic acid groups (broad SMARTS) is 1. The highest BCUT2D eigenvalue weighted by Crippen LogP contribution is 2.02. The third-order valence-electron chi connectivity index (χ3n) is 2.14. The van der Waals surface area contributed by atoms with E-state index in [-0.39, 0.29) is 25.8 Å². The number of rotatable bonds is 9. The molecule has 0 aromatic carbocycles. The van der Waals surface area contributed by atoms with Crippen LogP contribution in [0.1, 0.15) is 38.5 Å². The fraction of sp³-hybridized carbons (Fsp3) is 0.800. The summed E-state index contributed by atoms with van der Waals surface area (Å²) in [5, 5.41) is 18.3. The molecule has 0 rings (SSSR count). The molecule has 0 aliphatic rings. The van der Waals surface area contributed by atoms with Crippen LogP contribution < -0.4 is 5.73 Å². The lowest BCUT2D eigenvalue weighted by Crippen LogP contribution is -2.28. The molecule has 94 valence electrons. The van der Waals surface area contributed by atoms with Gasteiger partial charge in [0.2, 0.25) is 5.91 Å². The number of unbranched alkanes of at least 4 members (excludes halogenated alkanes) is 2. The number of nitrogens with zero attached hydrogens (tertiary/aromatic N) is 1. The zero-order valence-corrected chi connectivity index (χ0v) is 9.39. The van der Waals surface area contributed by atoms with Crippen LogP contribution in [0.5, 0.6) is 0 Å². The summed E-state index contributed by atoms with van der Waals surface area (Å²) >= 11 is 0. The van der Waals surface area contributed by atoms with Gasteiger partial charge in [-0.05, 0) is 25.8 Å². The highest BCUT2D eigenvalue weighted by atomic mass is 16.5. The number of hydrogen-bond donors (Lipinski definition) is 3. The molecule has 0 aromatic heterocycles. The van der Waals surface area contributed by atoms with Gasteiger partial charge in [-0.3, -0.25) is 14.8 Å². The molecule has 6 nitrogen and oxygen atoms in total. The molecule has 0 aromatic rings. The normalized spacial score (nSPS) is 10.1. The van der Waals surface area contributed by atoms with Gasteiger partial charge in [0.25, 0.3) is 0 Å². The van der Waals surface area contributed by atoms with E-state index in [1.54, 1.807) is 0 Å². The average Bonchev–Trinajstić information content (AvgIpc) is 2.23. The summed E-state index contributed by atoms with van der Waals surface area (Å²) in [6.45, 7) is 0.893. The summed E-state index contributed by atoms with van der Waals surface area (Å²) in [5.41, 5.74) is 5.30. The number of carbonyl (C=O) groups is 2. The van der Waals surface area contributed by atoms with Crippen molar-refractivity contribution in [2.75, 3.05) is 13.1 Å². The molecule has 0 fully saturated rings. The quantitative estimate of drug-likeness (QED) is 0.306. The Morgan fingerprint density at radius 3 is 2.31 bits per heavy atom. The number of aliphatic carboxylic acids is 1. The Bertz CT molecular complexity index is 221. The third-order valence-corrected chi connectivity index (χ3v) is 2.14. The lowest BCUT2D eigenvalue weighted by molar-refractivity contribution is -0.165.